The van der Waals surface area contributed by atoms with Crippen LogP contribution in [0.2, 0.25) is 15.1 Å². The van der Waals surface area contributed by atoms with Crippen LogP contribution in [-0.4, -0.2) is 31.2 Å². The highest BCUT2D eigenvalue weighted by Gasteiger charge is 2.25. The minimum Gasteiger partial charge on any atom is -0.478 e. The number of carbonyl (C=O) groups excluding carboxylic acids is 1. The first-order valence-corrected chi connectivity index (χ1v) is 10.0. The summed E-state index contributed by atoms with van der Waals surface area (Å²) in [5, 5.41) is 12.0. The minimum atomic E-state index is -4.00. The molecule has 0 unspecified atom stereocenters. The highest BCUT2D eigenvalue weighted by molar-refractivity contribution is 7.87. The predicted octanol–water partition coefficient (Wildman–Crippen LogP) is 4.33. The summed E-state index contributed by atoms with van der Waals surface area (Å²) in [6.07, 6.45) is 0. The van der Waals surface area contributed by atoms with E-state index < -0.39 is 33.3 Å². The molecule has 0 atom stereocenters. The second-order valence-electron chi connectivity index (χ2n) is 5.09. The number of carboxylic acid groups (broad SMARTS) is 1. The molecular formula is C16H12Cl3NO6S. The summed E-state index contributed by atoms with van der Waals surface area (Å²) in [4.78, 5) is 24.2. The van der Waals surface area contributed by atoms with Crippen molar-refractivity contribution in [2.24, 2.45) is 0 Å². The van der Waals surface area contributed by atoms with Crippen LogP contribution in [0.5, 0.6) is 5.75 Å². The first-order valence-electron chi connectivity index (χ1n) is 7.30. The molecule has 2 N–H and O–H groups in total. The van der Waals surface area contributed by atoms with Crippen LogP contribution in [0.3, 0.4) is 0 Å². The number of carboxylic acids is 1. The summed E-state index contributed by atoms with van der Waals surface area (Å²) < 4.78 is 28.1. The maximum absolute atomic E-state index is 12.6. The van der Waals surface area contributed by atoms with Gasteiger partial charge in [0, 0.05) is 0 Å². The van der Waals surface area contributed by atoms with Crippen LogP contribution in [0, 0.1) is 0 Å². The smallest absolute Gasteiger partial charge is 0.340 e. The van der Waals surface area contributed by atoms with E-state index in [1.165, 1.54) is 31.2 Å². The van der Waals surface area contributed by atoms with E-state index >= 15 is 0 Å². The van der Waals surface area contributed by atoms with Crippen molar-refractivity contribution in [1.29, 1.82) is 0 Å². The molecule has 2 rings (SSSR count). The fraction of sp³-hybridized carbons (Fsp3) is 0.125. The molecule has 0 radical (unpaired) electrons. The lowest BCUT2D eigenvalue weighted by atomic mass is 10.1. The van der Waals surface area contributed by atoms with E-state index in [9.17, 15) is 23.1 Å². The summed E-state index contributed by atoms with van der Waals surface area (Å²) in [5.41, 5.74) is -0.837. The quantitative estimate of drug-likeness (QED) is 0.499. The van der Waals surface area contributed by atoms with Gasteiger partial charge in [-0.25, -0.2) is 4.79 Å². The number of anilines is 1. The minimum absolute atomic E-state index is 0.0146. The van der Waals surface area contributed by atoms with Crippen LogP contribution in [0.25, 0.3) is 0 Å². The Morgan fingerprint density at radius 1 is 1.11 bits per heavy atom. The summed E-state index contributed by atoms with van der Waals surface area (Å²) in [7, 11) is -4.00. The highest BCUT2D eigenvalue weighted by atomic mass is 35.5. The van der Waals surface area contributed by atoms with Gasteiger partial charge in [0.15, 0.2) is 5.75 Å². The lowest BCUT2D eigenvalue weighted by Gasteiger charge is -2.13. The molecule has 11 heteroatoms. The number of aromatic carboxylic acids is 1. The molecular weight excluding hydrogens is 441 g/mol. The van der Waals surface area contributed by atoms with Crippen molar-refractivity contribution in [2.45, 2.75) is 6.92 Å². The van der Waals surface area contributed by atoms with E-state index in [2.05, 4.69) is 5.32 Å². The third kappa shape index (κ3) is 4.84. The number of rotatable bonds is 6. The molecule has 144 valence electrons. The topological polar surface area (TPSA) is 110 Å². The van der Waals surface area contributed by atoms with E-state index in [0.29, 0.717) is 0 Å². The lowest BCUT2D eigenvalue weighted by Crippen LogP contribution is -2.19. The molecule has 27 heavy (non-hydrogen) atoms. The molecule has 7 nitrogen and oxygen atoms in total. The molecule has 2 aromatic carbocycles. The van der Waals surface area contributed by atoms with Crippen molar-refractivity contribution in [1.82, 2.24) is 0 Å². The predicted molar refractivity (Wildman–Crippen MR) is 103 cm³/mol. The van der Waals surface area contributed by atoms with Crippen molar-refractivity contribution >= 4 is 62.5 Å². The Balaban J connectivity index is 2.47. The van der Waals surface area contributed by atoms with Crippen molar-refractivity contribution in [3.05, 3.63) is 56.5 Å². The van der Waals surface area contributed by atoms with Gasteiger partial charge in [-0.1, -0.05) is 40.9 Å². The Kier molecular flexibility index (Phi) is 6.59. The Hall–Kier alpha value is -2.00. The maximum Gasteiger partial charge on any atom is 0.340 e. The van der Waals surface area contributed by atoms with Crippen molar-refractivity contribution in [3.63, 3.8) is 0 Å². The average molecular weight is 453 g/mol. The van der Waals surface area contributed by atoms with Gasteiger partial charge in [0.25, 0.3) is 5.91 Å². The molecule has 0 aliphatic rings. The molecule has 0 fully saturated rings. The van der Waals surface area contributed by atoms with Crippen LogP contribution in [0.15, 0.2) is 30.3 Å². The van der Waals surface area contributed by atoms with Gasteiger partial charge in [0.05, 0.1) is 32.1 Å². The number of hydrogen-bond acceptors (Lipinski definition) is 5. The van der Waals surface area contributed by atoms with Gasteiger partial charge in [-0.3, -0.25) is 4.79 Å². The number of benzene rings is 2. The third-order valence-electron chi connectivity index (χ3n) is 3.34. The first kappa shape index (κ1) is 21.3. The van der Waals surface area contributed by atoms with Gasteiger partial charge in [0.2, 0.25) is 0 Å². The van der Waals surface area contributed by atoms with Crippen molar-refractivity contribution in [3.8, 4) is 5.75 Å². The Labute approximate surface area is 169 Å². The van der Waals surface area contributed by atoms with E-state index in [1.54, 1.807) is 0 Å². The average Bonchev–Trinajstić information content (AvgIpc) is 2.61. The Morgan fingerprint density at radius 2 is 1.78 bits per heavy atom. The molecule has 1 amide bonds. The fourth-order valence-electron chi connectivity index (χ4n) is 2.02. The van der Waals surface area contributed by atoms with Gasteiger partial charge >= 0.3 is 16.1 Å². The Bertz CT molecular complexity index is 1020. The summed E-state index contributed by atoms with van der Waals surface area (Å²) in [6, 6.07) is 6.42. The van der Waals surface area contributed by atoms with Crippen LogP contribution >= 0.6 is 34.8 Å². The molecule has 0 bridgehead atoms. The van der Waals surface area contributed by atoms with Crippen molar-refractivity contribution < 1.29 is 27.3 Å². The largest absolute Gasteiger partial charge is 0.478 e. The van der Waals surface area contributed by atoms with E-state index in [-0.39, 0.29) is 32.1 Å². The Morgan fingerprint density at radius 3 is 2.37 bits per heavy atom. The zero-order chi connectivity index (χ0) is 20.4. The van der Waals surface area contributed by atoms with Crippen LogP contribution in [0.4, 0.5) is 5.69 Å². The van der Waals surface area contributed by atoms with E-state index in [0.717, 1.165) is 6.07 Å². The molecule has 0 saturated heterocycles. The second kappa shape index (κ2) is 8.35. The molecule has 0 aliphatic carbocycles. The number of carbonyl (C=O) groups is 2. The second-order valence-corrected chi connectivity index (χ2v) is 8.11. The number of hydrogen-bond donors (Lipinski definition) is 2. The summed E-state index contributed by atoms with van der Waals surface area (Å²) in [5.74, 6) is -3.24. The molecule has 2 aromatic rings. The number of halogens is 3. The monoisotopic (exact) mass is 451 g/mol. The zero-order valence-electron chi connectivity index (χ0n) is 13.6. The number of amides is 1. The van der Waals surface area contributed by atoms with Crippen LogP contribution in [-0.2, 0) is 10.1 Å². The lowest BCUT2D eigenvalue weighted by molar-refractivity contribution is 0.0690. The highest BCUT2D eigenvalue weighted by Crippen LogP contribution is 2.36. The van der Waals surface area contributed by atoms with Crippen molar-refractivity contribution in [2.75, 3.05) is 11.1 Å². The van der Waals surface area contributed by atoms with Gasteiger partial charge in [-0.05, 0) is 31.2 Å². The molecule has 0 aromatic heterocycles. The normalized spacial score (nSPS) is 11.1. The molecule has 0 saturated carbocycles. The van der Waals surface area contributed by atoms with Crippen LogP contribution < -0.4 is 9.50 Å². The molecule has 0 aliphatic heterocycles. The summed E-state index contributed by atoms with van der Waals surface area (Å²) >= 11 is 17.8. The standard InChI is InChI=1S/C16H12Cl3NO6S/c1-2-27(24,25)26-11-5-3-4-8(12(11)16(22)23)15(21)20-10-7-6-9(17)13(18)14(10)19/h3-7H,2H2,1H3,(H,20,21)(H,22,23). The molecule has 0 heterocycles. The molecule has 0 spiro atoms. The third-order valence-corrected chi connectivity index (χ3v) is 5.77. The first-order chi connectivity index (χ1) is 12.6. The van der Waals surface area contributed by atoms with Gasteiger partial charge in [-0.15, -0.1) is 0 Å². The van der Waals surface area contributed by atoms with E-state index in [4.69, 9.17) is 39.0 Å². The fourth-order valence-corrected chi connectivity index (χ4v) is 3.13. The summed E-state index contributed by atoms with van der Waals surface area (Å²) in [6.45, 7) is 1.33. The van der Waals surface area contributed by atoms with Gasteiger partial charge in [-0.2, -0.15) is 8.42 Å². The zero-order valence-corrected chi connectivity index (χ0v) is 16.7. The van der Waals surface area contributed by atoms with Gasteiger partial charge in [0.1, 0.15) is 5.56 Å². The maximum atomic E-state index is 12.6. The van der Waals surface area contributed by atoms with E-state index in [1.807, 2.05) is 0 Å². The van der Waals surface area contributed by atoms with Crippen LogP contribution in [0.1, 0.15) is 27.6 Å². The number of nitrogens with one attached hydrogen (secondary N) is 1. The van der Waals surface area contributed by atoms with Gasteiger partial charge < -0.3 is 14.6 Å². The SMILES string of the molecule is CCS(=O)(=O)Oc1cccc(C(=O)Nc2ccc(Cl)c(Cl)c2Cl)c1C(=O)O.